The zero-order valence-corrected chi connectivity index (χ0v) is 16.1. The van der Waals surface area contributed by atoms with E-state index < -0.39 is 0 Å². The van der Waals surface area contributed by atoms with Gasteiger partial charge in [-0.05, 0) is 17.0 Å². The van der Waals surface area contributed by atoms with Crippen molar-refractivity contribution in [1.29, 1.82) is 0 Å². The number of fused-ring (bicyclic) bond motifs is 1. The van der Waals surface area contributed by atoms with Crippen molar-refractivity contribution >= 4 is 17.4 Å². The maximum Gasteiger partial charge on any atom is 0.243 e. The molecule has 0 aliphatic heterocycles. The van der Waals surface area contributed by atoms with E-state index in [4.69, 9.17) is 0 Å². The summed E-state index contributed by atoms with van der Waals surface area (Å²) in [6.45, 7) is 5.62. The molecule has 142 valence electrons. The number of rotatable bonds is 7. The minimum Gasteiger partial charge on any atom is -0.363 e. The van der Waals surface area contributed by atoms with Crippen LogP contribution in [0.15, 0.2) is 66.9 Å². The molecular formula is C22H24N6. The van der Waals surface area contributed by atoms with Gasteiger partial charge in [-0.1, -0.05) is 74.5 Å². The number of anilines is 2. The van der Waals surface area contributed by atoms with E-state index in [9.17, 15) is 0 Å². The highest BCUT2D eigenvalue weighted by atomic mass is 15.4. The predicted molar refractivity (Wildman–Crippen MR) is 112 cm³/mol. The quantitative estimate of drug-likeness (QED) is 0.501. The minimum absolute atomic E-state index is 0.314. The van der Waals surface area contributed by atoms with Crippen LogP contribution in [0.5, 0.6) is 0 Å². The van der Waals surface area contributed by atoms with Gasteiger partial charge in [0.15, 0.2) is 11.5 Å². The van der Waals surface area contributed by atoms with Crippen LogP contribution < -0.4 is 10.6 Å². The van der Waals surface area contributed by atoms with Crippen molar-refractivity contribution in [1.82, 2.24) is 19.6 Å². The van der Waals surface area contributed by atoms with Crippen molar-refractivity contribution < 1.29 is 0 Å². The third-order valence-electron chi connectivity index (χ3n) is 4.58. The van der Waals surface area contributed by atoms with Gasteiger partial charge in [0, 0.05) is 13.1 Å². The molecule has 4 rings (SSSR count). The molecule has 28 heavy (non-hydrogen) atoms. The van der Waals surface area contributed by atoms with Gasteiger partial charge in [0.1, 0.15) is 0 Å². The van der Waals surface area contributed by atoms with Crippen LogP contribution >= 0.6 is 0 Å². The first kappa shape index (κ1) is 18.0. The zero-order valence-electron chi connectivity index (χ0n) is 16.1. The standard InChI is InChI=1S/C22H24N6/c1-16(2)19-15-24-21-20(23-13-17-9-5-3-6-10-17)26-22(27-28(19)21)25-14-18-11-7-4-8-12-18/h3-12,15-16H,13-14H2,1-2H3,(H2,23,25,26,27). The molecule has 0 radical (unpaired) electrons. The Labute approximate surface area is 164 Å². The topological polar surface area (TPSA) is 67.1 Å². The molecule has 2 aromatic carbocycles. The van der Waals surface area contributed by atoms with Gasteiger partial charge >= 0.3 is 0 Å². The number of benzene rings is 2. The van der Waals surface area contributed by atoms with E-state index in [1.807, 2.05) is 47.1 Å². The second kappa shape index (κ2) is 8.08. The SMILES string of the molecule is CC(C)c1cnc2c(NCc3ccccc3)nc(NCc3ccccc3)nn12. The Morgan fingerprint density at radius 2 is 1.46 bits per heavy atom. The molecule has 0 spiro atoms. The second-order valence-corrected chi connectivity index (χ2v) is 7.04. The average molecular weight is 372 g/mol. The van der Waals surface area contributed by atoms with Crippen LogP contribution in [-0.2, 0) is 13.1 Å². The van der Waals surface area contributed by atoms with Crippen LogP contribution in [0.4, 0.5) is 11.8 Å². The number of hydrogen-bond donors (Lipinski definition) is 2. The summed E-state index contributed by atoms with van der Waals surface area (Å²) < 4.78 is 1.89. The smallest absolute Gasteiger partial charge is 0.243 e. The van der Waals surface area contributed by atoms with Gasteiger partial charge in [0.2, 0.25) is 5.95 Å². The molecule has 0 atom stereocenters. The van der Waals surface area contributed by atoms with E-state index in [1.165, 1.54) is 11.1 Å². The fourth-order valence-corrected chi connectivity index (χ4v) is 3.04. The normalized spacial score (nSPS) is 11.1. The highest BCUT2D eigenvalue weighted by Gasteiger charge is 2.15. The van der Waals surface area contributed by atoms with Gasteiger partial charge in [0.05, 0.1) is 11.9 Å². The number of imidazole rings is 1. The molecule has 0 aliphatic carbocycles. The fourth-order valence-electron chi connectivity index (χ4n) is 3.04. The summed E-state index contributed by atoms with van der Waals surface area (Å²) in [4.78, 5) is 9.25. The van der Waals surface area contributed by atoms with Crippen molar-refractivity contribution in [2.45, 2.75) is 32.9 Å². The molecular weight excluding hydrogens is 348 g/mol. The van der Waals surface area contributed by atoms with E-state index in [-0.39, 0.29) is 0 Å². The molecule has 0 saturated carbocycles. The lowest BCUT2D eigenvalue weighted by atomic mass is 10.2. The largest absolute Gasteiger partial charge is 0.363 e. The van der Waals surface area contributed by atoms with Gasteiger partial charge in [-0.3, -0.25) is 0 Å². The van der Waals surface area contributed by atoms with Crippen molar-refractivity contribution in [3.05, 3.63) is 83.7 Å². The Morgan fingerprint density at radius 3 is 2.07 bits per heavy atom. The predicted octanol–water partition coefficient (Wildman–Crippen LogP) is 4.47. The molecule has 0 amide bonds. The van der Waals surface area contributed by atoms with Crippen molar-refractivity contribution in [3.8, 4) is 0 Å². The van der Waals surface area contributed by atoms with E-state index in [2.05, 4.69) is 63.8 Å². The molecule has 2 N–H and O–H groups in total. The highest BCUT2D eigenvalue weighted by Crippen LogP contribution is 2.21. The summed E-state index contributed by atoms with van der Waals surface area (Å²) in [6.07, 6.45) is 1.88. The number of hydrogen-bond acceptors (Lipinski definition) is 5. The van der Waals surface area contributed by atoms with E-state index in [0.717, 1.165) is 17.2 Å². The van der Waals surface area contributed by atoms with E-state index >= 15 is 0 Å². The summed E-state index contributed by atoms with van der Waals surface area (Å²) in [5.74, 6) is 1.61. The maximum absolute atomic E-state index is 4.69. The lowest BCUT2D eigenvalue weighted by Crippen LogP contribution is -2.12. The summed E-state index contributed by atoms with van der Waals surface area (Å²) >= 11 is 0. The Balaban J connectivity index is 1.64. The van der Waals surface area contributed by atoms with Crippen molar-refractivity contribution in [2.24, 2.45) is 0 Å². The second-order valence-electron chi connectivity index (χ2n) is 7.04. The molecule has 0 fully saturated rings. The monoisotopic (exact) mass is 372 g/mol. The van der Waals surface area contributed by atoms with Gasteiger partial charge in [-0.2, -0.15) is 4.98 Å². The molecule has 2 heterocycles. The average Bonchev–Trinajstić information content (AvgIpc) is 3.16. The van der Waals surface area contributed by atoms with Crippen LogP contribution in [0.1, 0.15) is 36.6 Å². The molecule has 6 nitrogen and oxygen atoms in total. The van der Waals surface area contributed by atoms with Crippen LogP contribution in [0.3, 0.4) is 0 Å². The highest BCUT2D eigenvalue weighted by molar-refractivity contribution is 5.64. The fraction of sp³-hybridized carbons (Fsp3) is 0.227. The Morgan fingerprint density at radius 1 is 0.857 bits per heavy atom. The molecule has 6 heteroatoms. The van der Waals surface area contributed by atoms with Gasteiger partial charge in [-0.15, -0.1) is 5.10 Å². The first-order valence-electron chi connectivity index (χ1n) is 9.52. The van der Waals surface area contributed by atoms with Crippen molar-refractivity contribution in [3.63, 3.8) is 0 Å². The number of nitrogens with zero attached hydrogens (tertiary/aromatic N) is 4. The lowest BCUT2D eigenvalue weighted by Gasteiger charge is -2.12. The van der Waals surface area contributed by atoms with Crippen LogP contribution in [0.25, 0.3) is 5.65 Å². The summed E-state index contributed by atoms with van der Waals surface area (Å²) in [7, 11) is 0. The summed E-state index contributed by atoms with van der Waals surface area (Å²) in [6, 6.07) is 20.5. The van der Waals surface area contributed by atoms with Crippen molar-refractivity contribution in [2.75, 3.05) is 10.6 Å². The van der Waals surface area contributed by atoms with Crippen LogP contribution in [-0.4, -0.2) is 19.6 Å². The molecule has 4 aromatic rings. The first-order valence-corrected chi connectivity index (χ1v) is 9.52. The molecule has 0 saturated heterocycles. The summed E-state index contributed by atoms with van der Waals surface area (Å²) in [5, 5.41) is 11.4. The number of aromatic nitrogens is 4. The lowest BCUT2D eigenvalue weighted by molar-refractivity contribution is 0.752. The molecule has 0 unspecified atom stereocenters. The third kappa shape index (κ3) is 3.96. The Hall–Kier alpha value is -3.41. The van der Waals surface area contributed by atoms with Gasteiger partial charge in [-0.25, -0.2) is 9.50 Å². The van der Waals surface area contributed by atoms with Crippen LogP contribution in [0.2, 0.25) is 0 Å². The third-order valence-corrected chi connectivity index (χ3v) is 4.58. The number of nitrogens with one attached hydrogen (secondary N) is 2. The minimum atomic E-state index is 0.314. The van der Waals surface area contributed by atoms with Gasteiger partial charge < -0.3 is 10.6 Å². The zero-order chi connectivity index (χ0) is 19.3. The molecule has 0 aliphatic rings. The molecule has 0 bridgehead atoms. The van der Waals surface area contributed by atoms with E-state index in [0.29, 0.717) is 25.0 Å². The molecule has 2 aromatic heterocycles. The Bertz CT molecular complexity index is 1040. The first-order chi connectivity index (χ1) is 13.7. The van der Waals surface area contributed by atoms with Gasteiger partial charge in [0.25, 0.3) is 0 Å². The summed E-state index contributed by atoms with van der Waals surface area (Å²) in [5.41, 5.74) is 4.17. The Kier molecular flexibility index (Phi) is 5.19. The van der Waals surface area contributed by atoms with E-state index in [1.54, 1.807) is 0 Å². The maximum atomic E-state index is 4.69. The van der Waals surface area contributed by atoms with Crippen LogP contribution in [0, 0.1) is 0 Å².